The van der Waals surface area contributed by atoms with Gasteiger partial charge in [0.2, 0.25) is 0 Å². The van der Waals surface area contributed by atoms with Crippen LogP contribution in [0.3, 0.4) is 0 Å². The number of aromatic nitrogens is 1. The molecule has 0 radical (unpaired) electrons. The van der Waals surface area contributed by atoms with Crippen LogP contribution in [0.15, 0.2) is 24.4 Å². The third kappa shape index (κ3) is 3.41. The molecule has 0 saturated carbocycles. The average molecular weight is 175 g/mol. The first-order valence-corrected chi connectivity index (χ1v) is 4.98. The van der Waals surface area contributed by atoms with E-state index in [2.05, 4.69) is 43.1 Å². The van der Waals surface area contributed by atoms with E-state index in [0.717, 1.165) is 19.3 Å². The molecule has 1 heteroatoms. The molecule has 1 nitrogen and oxygen atoms in total. The molecule has 1 heterocycles. The second-order valence-corrected chi connectivity index (χ2v) is 3.14. The first kappa shape index (κ1) is 9.97. The SMILES string of the molecule is CC/C=C\c1ccc(CCC)nc1. The zero-order valence-corrected chi connectivity index (χ0v) is 8.46. The fourth-order valence-electron chi connectivity index (χ4n) is 1.19. The zero-order valence-electron chi connectivity index (χ0n) is 8.46. The Bertz CT molecular complexity index is 259. The van der Waals surface area contributed by atoms with Crippen LogP contribution in [0.25, 0.3) is 6.08 Å². The van der Waals surface area contributed by atoms with Crippen LogP contribution in [0.1, 0.15) is 37.9 Å². The fraction of sp³-hybridized carbons (Fsp3) is 0.417. The summed E-state index contributed by atoms with van der Waals surface area (Å²) in [7, 11) is 0. The average Bonchev–Trinajstić information content (AvgIpc) is 2.17. The monoisotopic (exact) mass is 175 g/mol. The molecule has 0 aliphatic rings. The summed E-state index contributed by atoms with van der Waals surface area (Å²) < 4.78 is 0. The number of hydrogen-bond donors (Lipinski definition) is 0. The van der Waals surface area contributed by atoms with Crippen LogP contribution < -0.4 is 0 Å². The maximum atomic E-state index is 4.37. The van der Waals surface area contributed by atoms with Crippen LogP contribution in [0.5, 0.6) is 0 Å². The van der Waals surface area contributed by atoms with E-state index in [-0.39, 0.29) is 0 Å². The molecular formula is C12H17N. The Morgan fingerprint density at radius 2 is 2.15 bits per heavy atom. The van der Waals surface area contributed by atoms with Crippen molar-refractivity contribution in [1.82, 2.24) is 4.98 Å². The Morgan fingerprint density at radius 1 is 1.31 bits per heavy atom. The summed E-state index contributed by atoms with van der Waals surface area (Å²) in [6.45, 7) is 4.31. The van der Waals surface area contributed by atoms with Gasteiger partial charge in [-0.1, -0.05) is 38.5 Å². The van der Waals surface area contributed by atoms with Crippen molar-refractivity contribution in [1.29, 1.82) is 0 Å². The van der Waals surface area contributed by atoms with Crippen molar-refractivity contribution in [3.8, 4) is 0 Å². The van der Waals surface area contributed by atoms with Gasteiger partial charge in [0.15, 0.2) is 0 Å². The first-order valence-electron chi connectivity index (χ1n) is 4.98. The Labute approximate surface area is 80.5 Å². The van der Waals surface area contributed by atoms with Crippen molar-refractivity contribution in [3.63, 3.8) is 0 Å². The lowest BCUT2D eigenvalue weighted by atomic mass is 10.2. The van der Waals surface area contributed by atoms with E-state index in [1.807, 2.05) is 6.20 Å². The number of aryl methyl sites for hydroxylation is 1. The summed E-state index contributed by atoms with van der Waals surface area (Å²) in [6, 6.07) is 4.24. The van der Waals surface area contributed by atoms with Crippen LogP contribution >= 0.6 is 0 Å². The van der Waals surface area contributed by atoms with Gasteiger partial charge in [-0.2, -0.15) is 0 Å². The highest BCUT2D eigenvalue weighted by atomic mass is 14.7. The van der Waals surface area contributed by atoms with E-state index in [0.29, 0.717) is 0 Å². The third-order valence-electron chi connectivity index (χ3n) is 1.90. The standard InChI is InChI=1S/C12H17N/c1-3-5-7-11-8-9-12(6-4-2)13-10-11/h5,7-10H,3-4,6H2,1-2H3/b7-5-. The lowest BCUT2D eigenvalue weighted by Crippen LogP contribution is -1.87. The molecule has 0 atom stereocenters. The molecule has 0 saturated heterocycles. The predicted octanol–water partition coefficient (Wildman–Crippen LogP) is 3.46. The number of rotatable bonds is 4. The highest BCUT2D eigenvalue weighted by molar-refractivity contribution is 5.47. The molecule has 0 aliphatic carbocycles. The van der Waals surface area contributed by atoms with Crippen molar-refractivity contribution in [2.24, 2.45) is 0 Å². The molecule has 0 N–H and O–H groups in total. The van der Waals surface area contributed by atoms with Gasteiger partial charge in [-0.3, -0.25) is 4.98 Å². The molecule has 0 aromatic carbocycles. The minimum atomic E-state index is 1.08. The van der Waals surface area contributed by atoms with Crippen LogP contribution in [0.4, 0.5) is 0 Å². The molecule has 1 aromatic rings. The highest BCUT2D eigenvalue weighted by Crippen LogP contribution is 2.04. The molecule has 1 aromatic heterocycles. The van der Waals surface area contributed by atoms with Crippen LogP contribution in [-0.2, 0) is 6.42 Å². The van der Waals surface area contributed by atoms with Crippen LogP contribution in [0, 0.1) is 0 Å². The summed E-state index contributed by atoms with van der Waals surface area (Å²) >= 11 is 0. The molecule has 0 unspecified atom stereocenters. The van der Waals surface area contributed by atoms with Gasteiger partial charge in [-0.05, 0) is 24.5 Å². The number of pyridine rings is 1. The number of nitrogens with zero attached hydrogens (tertiary/aromatic N) is 1. The van der Waals surface area contributed by atoms with Crippen LogP contribution in [0.2, 0.25) is 0 Å². The Morgan fingerprint density at radius 3 is 2.69 bits per heavy atom. The van der Waals surface area contributed by atoms with E-state index >= 15 is 0 Å². The van der Waals surface area contributed by atoms with Gasteiger partial charge in [-0.25, -0.2) is 0 Å². The minimum Gasteiger partial charge on any atom is -0.261 e. The fourth-order valence-corrected chi connectivity index (χ4v) is 1.19. The van der Waals surface area contributed by atoms with E-state index in [1.54, 1.807) is 0 Å². The molecule has 0 bridgehead atoms. The van der Waals surface area contributed by atoms with Gasteiger partial charge in [0, 0.05) is 11.9 Å². The molecule has 0 spiro atoms. The van der Waals surface area contributed by atoms with Gasteiger partial charge in [0.25, 0.3) is 0 Å². The van der Waals surface area contributed by atoms with E-state index in [4.69, 9.17) is 0 Å². The maximum Gasteiger partial charge on any atom is 0.0403 e. The van der Waals surface area contributed by atoms with Gasteiger partial charge < -0.3 is 0 Å². The molecule has 13 heavy (non-hydrogen) atoms. The Kier molecular flexibility index (Phi) is 4.24. The predicted molar refractivity (Wildman–Crippen MR) is 57.6 cm³/mol. The van der Waals surface area contributed by atoms with E-state index in [9.17, 15) is 0 Å². The molecular weight excluding hydrogens is 158 g/mol. The highest BCUT2D eigenvalue weighted by Gasteiger charge is 1.91. The van der Waals surface area contributed by atoms with Crippen molar-refractivity contribution < 1.29 is 0 Å². The molecule has 0 amide bonds. The maximum absolute atomic E-state index is 4.37. The lowest BCUT2D eigenvalue weighted by Gasteiger charge is -1.97. The van der Waals surface area contributed by atoms with E-state index in [1.165, 1.54) is 11.3 Å². The second kappa shape index (κ2) is 5.52. The molecule has 0 aliphatic heterocycles. The van der Waals surface area contributed by atoms with Crippen molar-refractivity contribution in [3.05, 3.63) is 35.7 Å². The largest absolute Gasteiger partial charge is 0.261 e. The number of hydrogen-bond acceptors (Lipinski definition) is 1. The summed E-state index contributed by atoms with van der Waals surface area (Å²) in [6.07, 6.45) is 9.53. The minimum absolute atomic E-state index is 1.08. The quantitative estimate of drug-likeness (QED) is 0.683. The van der Waals surface area contributed by atoms with E-state index < -0.39 is 0 Å². The Hall–Kier alpha value is -1.11. The Balaban J connectivity index is 2.64. The number of allylic oxidation sites excluding steroid dienone is 1. The van der Waals surface area contributed by atoms with Crippen molar-refractivity contribution in [2.75, 3.05) is 0 Å². The summed E-state index contributed by atoms with van der Waals surface area (Å²) in [5.74, 6) is 0. The lowest BCUT2D eigenvalue weighted by molar-refractivity contribution is 0.882. The van der Waals surface area contributed by atoms with Crippen molar-refractivity contribution >= 4 is 6.08 Å². The van der Waals surface area contributed by atoms with Gasteiger partial charge >= 0.3 is 0 Å². The summed E-state index contributed by atoms with van der Waals surface area (Å²) in [4.78, 5) is 4.37. The summed E-state index contributed by atoms with van der Waals surface area (Å²) in [5, 5.41) is 0. The normalized spacial score (nSPS) is 10.9. The molecule has 1 rings (SSSR count). The van der Waals surface area contributed by atoms with Gasteiger partial charge in [0.1, 0.15) is 0 Å². The third-order valence-corrected chi connectivity index (χ3v) is 1.90. The topological polar surface area (TPSA) is 12.9 Å². The molecule has 0 fully saturated rings. The second-order valence-electron chi connectivity index (χ2n) is 3.14. The first-order chi connectivity index (χ1) is 6.36. The zero-order chi connectivity index (χ0) is 9.52. The molecule has 70 valence electrons. The smallest absolute Gasteiger partial charge is 0.0403 e. The van der Waals surface area contributed by atoms with Gasteiger partial charge in [0.05, 0.1) is 0 Å². The van der Waals surface area contributed by atoms with Gasteiger partial charge in [-0.15, -0.1) is 0 Å². The van der Waals surface area contributed by atoms with Crippen LogP contribution in [-0.4, -0.2) is 4.98 Å². The summed E-state index contributed by atoms with van der Waals surface area (Å²) in [5.41, 5.74) is 2.39. The van der Waals surface area contributed by atoms with Crippen molar-refractivity contribution in [2.45, 2.75) is 33.1 Å².